The van der Waals surface area contributed by atoms with Crippen molar-refractivity contribution in [2.75, 3.05) is 13.6 Å². The molecule has 9 heteroatoms. The van der Waals surface area contributed by atoms with Crippen LogP contribution in [0.25, 0.3) is 11.6 Å². The molecule has 0 fully saturated rings. The lowest BCUT2D eigenvalue weighted by molar-refractivity contribution is 0.421. The molecule has 2 N–H and O–H groups in total. The van der Waals surface area contributed by atoms with Crippen molar-refractivity contribution in [3.63, 3.8) is 0 Å². The zero-order valence-electron chi connectivity index (χ0n) is 14.1. The summed E-state index contributed by atoms with van der Waals surface area (Å²) in [4.78, 5) is 18.2. The predicted octanol–water partition coefficient (Wildman–Crippen LogP) is 1.80. The largest absolute Gasteiger partial charge is 0.356 e. The molecular weight excluding hydrogens is 338 g/mol. The molecule has 0 saturated carbocycles. The molecule has 3 rings (SSSR count). The summed E-state index contributed by atoms with van der Waals surface area (Å²) < 4.78 is 5.24. The predicted molar refractivity (Wildman–Crippen MR) is 96.3 cm³/mol. The van der Waals surface area contributed by atoms with Crippen LogP contribution in [0.1, 0.15) is 15.7 Å². The molecule has 3 heterocycles. The zero-order valence-corrected chi connectivity index (χ0v) is 14.9. The van der Waals surface area contributed by atoms with E-state index in [0.29, 0.717) is 42.9 Å². The van der Waals surface area contributed by atoms with E-state index in [-0.39, 0.29) is 0 Å². The fraction of sp³-hybridized carbons (Fsp3) is 0.312. The Labute approximate surface area is 149 Å². The van der Waals surface area contributed by atoms with Crippen LogP contribution in [0.15, 0.2) is 40.1 Å². The first-order valence-electron chi connectivity index (χ1n) is 7.84. The minimum atomic E-state index is 0.428. The van der Waals surface area contributed by atoms with Crippen LogP contribution in [0.4, 0.5) is 0 Å². The molecule has 0 amide bonds. The maximum absolute atomic E-state index is 5.24. The summed E-state index contributed by atoms with van der Waals surface area (Å²) in [5, 5.41) is 11.5. The minimum Gasteiger partial charge on any atom is -0.356 e. The van der Waals surface area contributed by atoms with Gasteiger partial charge in [-0.3, -0.25) is 9.98 Å². The number of aromatic nitrogens is 4. The molecule has 0 bridgehead atoms. The van der Waals surface area contributed by atoms with Crippen LogP contribution in [0.5, 0.6) is 0 Å². The lowest BCUT2D eigenvalue weighted by Gasteiger charge is -2.09. The van der Waals surface area contributed by atoms with Crippen LogP contribution in [0, 0.1) is 6.92 Å². The van der Waals surface area contributed by atoms with Gasteiger partial charge in [0.15, 0.2) is 11.8 Å². The highest BCUT2D eigenvalue weighted by Gasteiger charge is 2.09. The van der Waals surface area contributed by atoms with E-state index in [1.54, 1.807) is 24.6 Å². The van der Waals surface area contributed by atoms with Crippen molar-refractivity contribution in [3.8, 4) is 11.6 Å². The Kier molecular flexibility index (Phi) is 5.68. The first-order valence-corrected chi connectivity index (χ1v) is 8.66. The van der Waals surface area contributed by atoms with Crippen LogP contribution in [0.3, 0.4) is 0 Å². The van der Waals surface area contributed by atoms with Gasteiger partial charge >= 0.3 is 0 Å². The molecule has 130 valence electrons. The number of thiazole rings is 1. The highest BCUT2D eigenvalue weighted by molar-refractivity contribution is 7.11. The fourth-order valence-corrected chi connectivity index (χ4v) is 2.83. The van der Waals surface area contributed by atoms with Crippen LogP contribution in [0.2, 0.25) is 0 Å². The number of pyridine rings is 1. The highest BCUT2D eigenvalue weighted by atomic mass is 32.1. The number of aliphatic imine (C=N–C) groups is 1. The lowest BCUT2D eigenvalue weighted by Crippen LogP contribution is -2.37. The standard InChI is InChI=1S/C16H19N7OS/c1-11-9-20-14(25-11)10-21-16(17-2)19-8-6-13-22-15(24-23-13)12-5-3-4-7-18-12/h3-5,7,9H,6,8,10H2,1-2H3,(H2,17,19,21). The highest BCUT2D eigenvalue weighted by Crippen LogP contribution is 2.13. The lowest BCUT2D eigenvalue weighted by atomic mass is 10.3. The molecule has 0 radical (unpaired) electrons. The van der Waals surface area contributed by atoms with Crippen LogP contribution >= 0.6 is 11.3 Å². The van der Waals surface area contributed by atoms with E-state index in [0.717, 1.165) is 5.01 Å². The summed E-state index contributed by atoms with van der Waals surface area (Å²) in [6.07, 6.45) is 4.18. The van der Waals surface area contributed by atoms with Crippen LogP contribution in [-0.4, -0.2) is 39.7 Å². The SMILES string of the molecule is CN=C(NCCc1noc(-c2ccccn2)n1)NCc1ncc(C)s1. The number of guanidine groups is 1. The Bertz CT molecular complexity index is 828. The number of hydrogen-bond acceptors (Lipinski definition) is 7. The van der Waals surface area contributed by atoms with Crippen molar-refractivity contribution in [2.45, 2.75) is 19.9 Å². The van der Waals surface area contributed by atoms with E-state index in [9.17, 15) is 0 Å². The average molecular weight is 357 g/mol. The van der Waals surface area contributed by atoms with Gasteiger partial charge in [0.1, 0.15) is 10.7 Å². The molecule has 0 spiro atoms. The molecular formula is C16H19N7OS. The molecule has 0 saturated heterocycles. The molecule has 25 heavy (non-hydrogen) atoms. The molecule has 0 aliphatic rings. The van der Waals surface area contributed by atoms with Crippen molar-refractivity contribution in [1.29, 1.82) is 0 Å². The summed E-state index contributed by atoms with van der Waals surface area (Å²) in [5.74, 6) is 1.76. The number of nitrogens with zero attached hydrogens (tertiary/aromatic N) is 5. The summed E-state index contributed by atoms with van der Waals surface area (Å²) in [7, 11) is 1.73. The topological polar surface area (TPSA) is 101 Å². The molecule has 3 aromatic heterocycles. The Morgan fingerprint density at radius 1 is 1.28 bits per heavy atom. The molecule has 0 aliphatic heterocycles. The third kappa shape index (κ3) is 4.83. The van der Waals surface area contributed by atoms with E-state index in [1.165, 1.54) is 4.88 Å². The average Bonchev–Trinajstić information content (AvgIpc) is 3.28. The van der Waals surface area contributed by atoms with E-state index >= 15 is 0 Å². The number of nitrogens with one attached hydrogen (secondary N) is 2. The van der Waals surface area contributed by atoms with Gasteiger partial charge in [0.05, 0.1) is 6.54 Å². The normalized spacial score (nSPS) is 11.5. The van der Waals surface area contributed by atoms with Gasteiger partial charge in [0.25, 0.3) is 5.89 Å². The third-order valence-electron chi connectivity index (χ3n) is 3.29. The van der Waals surface area contributed by atoms with E-state index in [2.05, 4.69) is 35.7 Å². The first kappa shape index (κ1) is 17.0. The molecule has 0 atom stereocenters. The Hall–Kier alpha value is -2.81. The molecule has 0 aromatic carbocycles. The second-order valence-electron chi connectivity index (χ2n) is 5.20. The number of rotatable bonds is 6. The number of hydrogen-bond donors (Lipinski definition) is 2. The second-order valence-corrected chi connectivity index (χ2v) is 6.52. The summed E-state index contributed by atoms with van der Waals surface area (Å²) in [6, 6.07) is 5.56. The maximum Gasteiger partial charge on any atom is 0.276 e. The van der Waals surface area contributed by atoms with Gasteiger partial charge in [0.2, 0.25) is 0 Å². The summed E-state index contributed by atoms with van der Waals surface area (Å²) in [5.41, 5.74) is 0.672. The van der Waals surface area contributed by atoms with Crippen LogP contribution in [-0.2, 0) is 13.0 Å². The van der Waals surface area contributed by atoms with Gasteiger partial charge in [-0.1, -0.05) is 11.2 Å². The monoisotopic (exact) mass is 357 g/mol. The van der Waals surface area contributed by atoms with Crippen molar-refractivity contribution >= 4 is 17.3 Å². The molecule has 0 aliphatic carbocycles. The Morgan fingerprint density at radius 3 is 2.92 bits per heavy atom. The van der Waals surface area contributed by atoms with Crippen molar-refractivity contribution < 1.29 is 4.52 Å². The maximum atomic E-state index is 5.24. The summed E-state index contributed by atoms with van der Waals surface area (Å²) >= 11 is 1.67. The van der Waals surface area contributed by atoms with Gasteiger partial charge in [-0.2, -0.15) is 4.98 Å². The molecule has 3 aromatic rings. The van der Waals surface area contributed by atoms with Gasteiger partial charge in [0, 0.05) is 37.3 Å². The Balaban J connectivity index is 1.46. The van der Waals surface area contributed by atoms with E-state index in [4.69, 9.17) is 4.52 Å². The fourth-order valence-electron chi connectivity index (χ4n) is 2.10. The van der Waals surface area contributed by atoms with Crippen molar-refractivity contribution in [1.82, 2.24) is 30.7 Å². The smallest absolute Gasteiger partial charge is 0.276 e. The van der Waals surface area contributed by atoms with Crippen LogP contribution < -0.4 is 10.6 Å². The van der Waals surface area contributed by atoms with Crippen molar-refractivity contribution in [2.24, 2.45) is 4.99 Å². The third-order valence-corrected chi connectivity index (χ3v) is 4.21. The second kappa shape index (κ2) is 8.34. The molecule has 0 unspecified atom stereocenters. The summed E-state index contributed by atoms with van der Waals surface area (Å²) in [6.45, 7) is 3.32. The van der Waals surface area contributed by atoms with Crippen molar-refractivity contribution in [3.05, 3.63) is 46.3 Å². The van der Waals surface area contributed by atoms with Gasteiger partial charge in [-0.15, -0.1) is 11.3 Å². The van der Waals surface area contributed by atoms with E-state index < -0.39 is 0 Å². The van der Waals surface area contributed by atoms with Gasteiger partial charge in [-0.05, 0) is 19.1 Å². The Morgan fingerprint density at radius 2 is 2.20 bits per heavy atom. The first-order chi connectivity index (χ1) is 12.2. The quantitative estimate of drug-likeness (QED) is 0.512. The zero-order chi connectivity index (χ0) is 17.5. The van der Waals surface area contributed by atoms with Gasteiger partial charge < -0.3 is 15.2 Å². The molecule has 8 nitrogen and oxygen atoms in total. The van der Waals surface area contributed by atoms with Gasteiger partial charge in [-0.25, -0.2) is 4.98 Å². The minimum absolute atomic E-state index is 0.428. The van der Waals surface area contributed by atoms with E-state index in [1.807, 2.05) is 31.3 Å². The number of aryl methyl sites for hydroxylation is 1.